The molecule has 0 saturated carbocycles. The lowest BCUT2D eigenvalue weighted by Crippen LogP contribution is -2.60. The highest BCUT2D eigenvalue weighted by Gasteiger charge is 2.45. The van der Waals surface area contributed by atoms with Crippen LogP contribution in [-0.4, -0.2) is 147 Å². The van der Waals surface area contributed by atoms with Crippen LogP contribution in [0, 0.1) is 0 Å². The molecule has 2 aliphatic rings. The van der Waals surface area contributed by atoms with Crippen molar-refractivity contribution < 1.29 is 44.8 Å². The normalized spacial score (nSPS) is 25.0. The number of hydrogen-bond donors (Lipinski definition) is 6. The molecule has 0 radical (unpaired) electrons. The highest BCUT2D eigenvalue weighted by Crippen LogP contribution is 2.33. The third-order valence-electron chi connectivity index (χ3n) is 8.36. The van der Waals surface area contributed by atoms with Crippen molar-refractivity contribution in [2.75, 3.05) is 65.7 Å². The maximum absolute atomic E-state index is 10.5. The van der Waals surface area contributed by atoms with Gasteiger partial charge >= 0.3 is 0 Å². The summed E-state index contributed by atoms with van der Waals surface area (Å²) in [6, 6.07) is 13.8. The van der Waals surface area contributed by atoms with Crippen molar-refractivity contribution in [3.05, 3.63) is 53.6 Å². The van der Waals surface area contributed by atoms with E-state index in [1.165, 1.54) is 0 Å². The minimum atomic E-state index is -1.58. The predicted octanol–water partition coefficient (Wildman–Crippen LogP) is -1.02. The summed E-state index contributed by atoms with van der Waals surface area (Å²) < 4.78 is 19.2. The Kier molecular flexibility index (Phi) is 11.4. The van der Waals surface area contributed by atoms with E-state index in [1.54, 1.807) is 4.68 Å². The molecule has 0 aliphatic carbocycles. The van der Waals surface area contributed by atoms with E-state index in [-0.39, 0.29) is 25.6 Å². The number of nitrogens with zero attached hydrogens (tertiary/aromatic N) is 4. The highest BCUT2D eigenvalue weighted by atomic mass is 16.7. The molecule has 13 nitrogen and oxygen atoms in total. The molecule has 2 fully saturated rings. The number of benzene rings is 2. The SMILES string of the molecule is OCCN1CCN(CCOc2cccc(CCc3cccc4c3c(O[C@@H]3O[C@H](CO)[C@@H](O)[C@H](O)[C@H]3O)nn4CCO)c2)CC1. The molecule has 3 heterocycles. The molecule has 0 unspecified atom stereocenters. The molecule has 2 aromatic carbocycles. The summed E-state index contributed by atoms with van der Waals surface area (Å²) in [5, 5.41) is 64.4. The minimum Gasteiger partial charge on any atom is -0.492 e. The maximum atomic E-state index is 10.5. The molecule has 0 amide bonds. The van der Waals surface area contributed by atoms with Gasteiger partial charge in [0.25, 0.3) is 0 Å². The number of hydrogen-bond acceptors (Lipinski definition) is 12. The van der Waals surface area contributed by atoms with Crippen LogP contribution in [0.15, 0.2) is 42.5 Å². The predicted molar refractivity (Wildman–Crippen MR) is 161 cm³/mol. The largest absolute Gasteiger partial charge is 0.492 e. The van der Waals surface area contributed by atoms with E-state index in [4.69, 9.17) is 19.3 Å². The Labute approximate surface area is 256 Å². The van der Waals surface area contributed by atoms with Gasteiger partial charge in [-0.1, -0.05) is 24.3 Å². The van der Waals surface area contributed by atoms with Crippen LogP contribution in [-0.2, 0) is 24.1 Å². The summed E-state index contributed by atoms with van der Waals surface area (Å²) in [4.78, 5) is 4.64. The van der Waals surface area contributed by atoms with Crippen LogP contribution in [0.3, 0.4) is 0 Å². The number of piperazine rings is 1. The van der Waals surface area contributed by atoms with Gasteiger partial charge in [0.2, 0.25) is 12.2 Å². The Hall–Kier alpha value is -2.85. The van der Waals surface area contributed by atoms with Gasteiger partial charge in [-0.2, -0.15) is 0 Å². The standard InChI is InChI=1S/C31H44N4O9/c36-16-13-33-9-11-34(12-10-33)15-18-42-23-5-1-3-21(19-23)7-8-22-4-2-6-24-26(22)30(32-35(24)14-17-37)44-31-29(41)28(40)27(39)25(20-38)43-31/h1-6,19,25,27-29,31,36-41H,7-18,20H2/t25-,27-,28+,29-,31+/m1/s1. The second kappa shape index (κ2) is 15.4. The van der Waals surface area contributed by atoms with Gasteiger partial charge in [-0.15, -0.1) is 5.10 Å². The topological polar surface area (TPSA) is 173 Å². The van der Waals surface area contributed by atoms with Gasteiger partial charge in [-0.25, -0.2) is 0 Å². The average molecular weight is 617 g/mol. The Morgan fingerprint density at radius 3 is 2.27 bits per heavy atom. The molecule has 2 saturated heterocycles. The van der Waals surface area contributed by atoms with Crippen molar-refractivity contribution in [1.29, 1.82) is 0 Å². The number of aromatic nitrogens is 2. The lowest BCUT2D eigenvalue weighted by molar-refractivity contribution is -0.278. The molecule has 0 bridgehead atoms. The molecule has 5 rings (SSSR count). The van der Waals surface area contributed by atoms with Crippen LogP contribution in [0.25, 0.3) is 10.9 Å². The fourth-order valence-corrected chi connectivity index (χ4v) is 5.83. The monoisotopic (exact) mass is 616 g/mol. The first-order chi connectivity index (χ1) is 21.4. The fourth-order valence-electron chi connectivity index (χ4n) is 5.83. The molecule has 44 heavy (non-hydrogen) atoms. The van der Waals surface area contributed by atoms with E-state index < -0.39 is 37.3 Å². The zero-order valence-corrected chi connectivity index (χ0v) is 24.8. The third kappa shape index (κ3) is 7.68. The minimum absolute atomic E-state index is 0.146. The quantitative estimate of drug-likeness (QED) is 0.130. The number of β-amino-alcohol motifs (C(OH)–C–C–N with tert-alkyl or cyclic N) is 1. The van der Waals surface area contributed by atoms with Crippen molar-refractivity contribution >= 4 is 10.9 Å². The van der Waals surface area contributed by atoms with E-state index in [2.05, 4.69) is 14.9 Å². The maximum Gasteiger partial charge on any atom is 0.243 e. The van der Waals surface area contributed by atoms with Crippen LogP contribution in [0.5, 0.6) is 11.6 Å². The van der Waals surface area contributed by atoms with E-state index >= 15 is 0 Å². The van der Waals surface area contributed by atoms with Gasteiger partial charge in [0.05, 0.1) is 37.3 Å². The first kappa shape index (κ1) is 32.5. The molecule has 0 spiro atoms. The number of rotatable bonds is 14. The fraction of sp³-hybridized carbons (Fsp3) is 0.581. The zero-order valence-electron chi connectivity index (χ0n) is 24.8. The van der Waals surface area contributed by atoms with Crippen LogP contribution in [0.1, 0.15) is 11.1 Å². The lowest BCUT2D eigenvalue weighted by atomic mass is 9.99. The van der Waals surface area contributed by atoms with Crippen molar-refractivity contribution in [3.63, 3.8) is 0 Å². The summed E-state index contributed by atoms with van der Waals surface area (Å²) in [5.41, 5.74) is 2.75. The Bertz CT molecular complexity index is 1330. The van der Waals surface area contributed by atoms with Crippen LogP contribution < -0.4 is 9.47 Å². The smallest absolute Gasteiger partial charge is 0.243 e. The molecule has 5 atom stereocenters. The van der Waals surface area contributed by atoms with Crippen LogP contribution in [0.4, 0.5) is 0 Å². The molecule has 13 heteroatoms. The summed E-state index contributed by atoms with van der Waals surface area (Å²) in [6.07, 6.45) is -5.80. The van der Waals surface area contributed by atoms with Gasteiger partial charge in [-0.3, -0.25) is 14.5 Å². The summed E-state index contributed by atoms with van der Waals surface area (Å²) in [6.45, 7) is 5.69. The summed E-state index contributed by atoms with van der Waals surface area (Å²) in [7, 11) is 0. The molecule has 242 valence electrons. The molecular weight excluding hydrogens is 572 g/mol. The Morgan fingerprint density at radius 2 is 1.55 bits per heavy atom. The average Bonchev–Trinajstić information content (AvgIpc) is 3.39. The van der Waals surface area contributed by atoms with E-state index in [9.17, 15) is 25.5 Å². The third-order valence-corrected chi connectivity index (χ3v) is 8.36. The van der Waals surface area contributed by atoms with E-state index in [0.717, 1.165) is 61.7 Å². The first-order valence-electron chi connectivity index (χ1n) is 15.3. The van der Waals surface area contributed by atoms with Crippen molar-refractivity contribution in [2.24, 2.45) is 0 Å². The second-order valence-electron chi connectivity index (χ2n) is 11.3. The number of aliphatic hydroxyl groups is 6. The number of ether oxygens (including phenoxy) is 3. The van der Waals surface area contributed by atoms with Crippen molar-refractivity contribution in [2.45, 2.75) is 50.1 Å². The molecule has 2 aliphatic heterocycles. The van der Waals surface area contributed by atoms with Gasteiger partial charge in [-0.05, 0) is 42.2 Å². The van der Waals surface area contributed by atoms with Gasteiger partial charge in [0.1, 0.15) is 36.8 Å². The number of fused-ring (bicyclic) bond motifs is 1. The number of aryl methyl sites for hydroxylation is 2. The second-order valence-corrected chi connectivity index (χ2v) is 11.3. The van der Waals surface area contributed by atoms with Crippen molar-refractivity contribution in [3.8, 4) is 11.6 Å². The molecule has 3 aromatic rings. The van der Waals surface area contributed by atoms with E-state index in [0.29, 0.717) is 24.8 Å². The van der Waals surface area contributed by atoms with Crippen LogP contribution >= 0.6 is 0 Å². The van der Waals surface area contributed by atoms with Crippen molar-refractivity contribution in [1.82, 2.24) is 19.6 Å². The molecule has 1 aromatic heterocycles. The van der Waals surface area contributed by atoms with Gasteiger partial charge < -0.3 is 44.8 Å². The van der Waals surface area contributed by atoms with E-state index in [1.807, 2.05) is 42.5 Å². The Balaban J connectivity index is 1.25. The molecule has 6 N–H and O–H groups in total. The number of aliphatic hydroxyl groups excluding tert-OH is 6. The Morgan fingerprint density at radius 1 is 0.818 bits per heavy atom. The van der Waals surface area contributed by atoms with Gasteiger partial charge in [0, 0.05) is 39.3 Å². The lowest BCUT2D eigenvalue weighted by Gasteiger charge is -2.39. The highest BCUT2D eigenvalue weighted by molar-refractivity contribution is 5.88. The van der Waals surface area contributed by atoms with Gasteiger partial charge in [0.15, 0.2) is 0 Å². The molecular formula is C31H44N4O9. The van der Waals surface area contributed by atoms with Crippen LogP contribution in [0.2, 0.25) is 0 Å². The summed E-state index contributed by atoms with van der Waals surface area (Å²) in [5.74, 6) is 0.963. The summed E-state index contributed by atoms with van der Waals surface area (Å²) >= 11 is 0. The first-order valence-corrected chi connectivity index (χ1v) is 15.3. The zero-order chi connectivity index (χ0) is 31.1.